The van der Waals surface area contributed by atoms with Gasteiger partial charge in [-0.25, -0.2) is 4.98 Å². The van der Waals surface area contributed by atoms with E-state index in [1.807, 2.05) is 86.9 Å². The molecule has 0 fully saturated rings. The number of aromatic nitrogens is 2. The number of benzene rings is 2. The molecule has 2 unspecified atom stereocenters. The Morgan fingerprint density at radius 3 is 2.72 bits per heavy atom. The van der Waals surface area contributed by atoms with Crippen molar-refractivity contribution in [3.05, 3.63) is 95.4 Å². The van der Waals surface area contributed by atoms with E-state index in [2.05, 4.69) is 14.7 Å². The molecule has 6 nitrogen and oxygen atoms in total. The number of fused-ring (bicyclic) bond motifs is 2. The van der Waals surface area contributed by atoms with E-state index in [9.17, 15) is 4.79 Å². The number of nitrogens with one attached hydrogen (secondary N) is 1. The SMILES string of the molecule is Cc1cccn2c(C(CC(=O)NC(C)c3ccccc3)c3ccc4c(c3)OCO4)cnc12. The van der Waals surface area contributed by atoms with Crippen molar-refractivity contribution < 1.29 is 14.3 Å². The van der Waals surface area contributed by atoms with Crippen LogP contribution in [-0.4, -0.2) is 22.1 Å². The average Bonchev–Trinajstić information content (AvgIpc) is 3.45. The van der Waals surface area contributed by atoms with Crippen LogP contribution in [-0.2, 0) is 4.79 Å². The van der Waals surface area contributed by atoms with Gasteiger partial charge in [0.25, 0.3) is 0 Å². The Kier molecular flexibility index (Phi) is 5.27. The molecule has 0 spiro atoms. The zero-order valence-electron chi connectivity index (χ0n) is 18.1. The summed E-state index contributed by atoms with van der Waals surface area (Å²) in [5.41, 5.74) is 5.01. The van der Waals surface area contributed by atoms with Crippen molar-refractivity contribution in [2.75, 3.05) is 6.79 Å². The Morgan fingerprint density at radius 1 is 1.06 bits per heavy atom. The second-order valence-electron chi connectivity index (χ2n) is 8.14. The van der Waals surface area contributed by atoms with Crippen LogP contribution in [0.3, 0.4) is 0 Å². The quantitative estimate of drug-likeness (QED) is 0.481. The Balaban J connectivity index is 1.48. The summed E-state index contributed by atoms with van der Waals surface area (Å²) in [6, 6.07) is 19.8. The zero-order valence-corrected chi connectivity index (χ0v) is 18.1. The summed E-state index contributed by atoms with van der Waals surface area (Å²) in [6.45, 7) is 4.25. The molecule has 0 radical (unpaired) electrons. The number of amides is 1. The van der Waals surface area contributed by atoms with Gasteiger partial charge in [-0.1, -0.05) is 42.5 Å². The minimum absolute atomic E-state index is 0.0216. The van der Waals surface area contributed by atoms with Gasteiger partial charge >= 0.3 is 0 Å². The van der Waals surface area contributed by atoms with E-state index in [1.54, 1.807) is 0 Å². The van der Waals surface area contributed by atoms with E-state index in [1.165, 1.54) is 0 Å². The van der Waals surface area contributed by atoms with E-state index < -0.39 is 0 Å². The molecule has 5 rings (SSSR count). The molecule has 1 aliphatic rings. The number of aryl methyl sites for hydroxylation is 1. The van der Waals surface area contributed by atoms with Crippen LogP contribution in [0.2, 0.25) is 0 Å². The molecule has 2 aromatic heterocycles. The van der Waals surface area contributed by atoms with Gasteiger partial charge in [0.2, 0.25) is 12.7 Å². The lowest BCUT2D eigenvalue weighted by atomic mass is 9.91. The first-order chi connectivity index (χ1) is 15.6. The summed E-state index contributed by atoms with van der Waals surface area (Å²) in [7, 11) is 0. The van der Waals surface area contributed by atoms with Crippen LogP contribution in [0.15, 0.2) is 73.1 Å². The lowest BCUT2D eigenvalue weighted by Gasteiger charge is -2.20. The summed E-state index contributed by atoms with van der Waals surface area (Å²) < 4.78 is 13.1. The summed E-state index contributed by atoms with van der Waals surface area (Å²) in [4.78, 5) is 17.8. The molecule has 162 valence electrons. The van der Waals surface area contributed by atoms with Crippen molar-refractivity contribution in [3.63, 3.8) is 0 Å². The molecule has 1 aliphatic heterocycles. The number of rotatable bonds is 6. The second-order valence-corrected chi connectivity index (χ2v) is 8.14. The molecule has 2 aromatic carbocycles. The molecule has 4 aromatic rings. The van der Waals surface area contributed by atoms with Gasteiger partial charge in [0.05, 0.1) is 11.7 Å². The van der Waals surface area contributed by atoms with E-state index in [0.29, 0.717) is 12.2 Å². The fourth-order valence-corrected chi connectivity index (χ4v) is 4.26. The van der Waals surface area contributed by atoms with Crippen LogP contribution >= 0.6 is 0 Å². The molecule has 6 heteroatoms. The summed E-state index contributed by atoms with van der Waals surface area (Å²) in [5, 5.41) is 3.15. The maximum atomic E-state index is 13.1. The van der Waals surface area contributed by atoms with Crippen LogP contribution in [0.4, 0.5) is 0 Å². The van der Waals surface area contributed by atoms with Crippen LogP contribution in [0, 0.1) is 6.92 Å². The molecule has 0 saturated carbocycles. The molecular formula is C26H25N3O3. The monoisotopic (exact) mass is 427 g/mol. The fraction of sp³-hybridized carbons (Fsp3) is 0.231. The predicted molar refractivity (Wildman–Crippen MR) is 122 cm³/mol. The van der Waals surface area contributed by atoms with Gasteiger partial charge in [-0.2, -0.15) is 0 Å². The first-order valence-electron chi connectivity index (χ1n) is 10.8. The highest BCUT2D eigenvalue weighted by Crippen LogP contribution is 2.38. The highest BCUT2D eigenvalue weighted by molar-refractivity contribution is 5.78. The van der Waals surface area contributed by atoms with Crippen LogP contribution in [0.1, 0.15) is 47.7 Å². The first kappa shape index (κ1) is 20.1. The minimum Gasteiger partial charge on any atom is -0.454 e. The molecule has 3 heterocycles. The Hall–Kier alpha value is -3.80. The number of carbonyl (C=O) groups excluding carboxylic acids is 1. The molecule has 0 saturated heterocycles. The van der Waals surface area contributed by atoms with Gasteiger partial charge in [-0.15, -0.1) is 0 Å². The number of imidazole rings is 1. The average molecular weight is 428 g/mol. The Labute approximate surface area is 186 Å². The summed E-state index contributed by atoms with van der Waals surface area (Å²) in [5.74, 6) is 1.22. The van der Waals surface area contributed by atoms with Gasteiger partial charge in [0.1, 0.15) is 5.65 Å². The fourth-order valence-electron chi connectivity index (χ4n) is 4.26. The molecule has 0 bridgehead atoms. The number of carbonyl (C=O) groups is 1. The summed E-state index contributed by atoms with van der Waals surface area (Å²) in [6.07, 6.45) is 4.15. The topological polar surface area (TPSA) is 64.9 Å². The lowest BCUT2D eigenvalue weighted by Crippen LogP contribution is -2.28. The van der Waals surface area contributed by atoms with E-state index in [-0.39, 0.29) is 24.7 Å². The normalized spacial score (nSPS) is 14.3. The Bertz CT molecular complexity index is 1270. The molecular weight excluding hydrogens is 402 g/mol. The van der Waals surface area contributed by atoms with Crippen molar-refractivity contribution >= 4 is 11.6 Å². The van der Waals surface area contributed by atoms with Gasteiger partial charge in [-0.3, -0.25) is 4.79 Å². The third-order valence-electron chi connectivity index (χ3n) is 5.98. The number of hydrogen-bond donors (Lipinski definition) is 1. The van der Waals surface area contributed by atoms with E-state index in [4.69, 9.17) is 9.47 Å². The van der Waals surface area contributed by atoms with Crippen molar-refractivity contribution in [3.8, 4) is 11.5 Å². The smallest absolute Gasteiger partial charge is 0.231 e. The Morgan fingerprint density at radius 2 is 1.88 bits per heavy atom. The van der Waals surface area contributed by atoms with E-state index in [0.717, 1.165) is 33.8 Å². The van der Waals surface area contributed by atoms with Crippen LogP contribution in [0.5, 0.6) is 11.5 Å². The van der Waals surface area contributed by atoms with Crippen LogP contribution in [0.25, 0.3) is 5.65 Å². The lowest BCUT2D eigenvalue weighted by molar-refractivity contribution is -0.122. The molecule has 0 aliphatic carbocycles. The first-order valence-corrected chi connectivity index (χ1v) is 10.8. The van der Waals surface area contributed by atoms with Gasteiger partial charge in [0, 0.05) is 24.7 Å². The molecule has 32 heavy (non-hydrogen) atoms. The maximum Gasteiger partial charge on any atom is 0.231 e. The molecule has 2 atom stereocenters. The zero-order chi connectivity index (χ0) is 22.1. The summed E-state index contributed by atoms with van der Waals surface area (Å²) >= 11 is 0. The van der Waals surface area contributed by atoms with E-state index >= 15 is 0 Å². The third kappa shape index (κ3) is 3.80. The predicted octanol–water partition coefficient (Wildman–Crippen LogP) is 4.77. The van der Waals surface area contributed by atoms with Gasteiger partial charge < -0.3 is 19.2 Å². The number of hydrogen-bond acceptors (Lipinski definition) is 4. The highest BCUT2D eigenvalue weighted by Gasteiger charge is 2.25. The molecule has 1 N–H and O–H groups in total. The number of ether oxygens (including phenoxy) is 2. The van der Waals surface area contributed by atoms with Crippen molar-refractivity contribution in [1.29, 1.82) is 0 Å². The minimum atomic E-state index is -0.190. The second kappa shape index (κ2) is 8.38. The standard InChI is InChI=1S/C26H25N3O3/c1-17-7-6-12-29-22(15-27-26(17)29)21(20-10-11-23-24(13-20)32-16-31-23)14-25(30)28-18(2)19-8-4-3-5-9-19/h3-13,15,18,21H,14,16H2,1-2H3,(H,28,30). The largest absolute Gasteiger partial charge is 0.454 e. The third-order valence-corrected chi connectivity index (χ3v) is 5.98. The number of pyridine rings is 1. The molecule has 1 amide bonds. The highest BCUT2D eigenvalue weighted by atomic mass is 16.7. The number of nitrogens with zero attached hydrogens (tertiary/aromatic N) is 2. The van der Waals surface area contributed by atoms with Crippen molar-refractivity contribution in [2.45, 2.75) is 32.2 Å². The van der Waals surface area contributed by atoms with Gasteiger partial charge in [-0.05, 0) is 48.7 Å². The van der Waals surface area contributed by atoms with Crippen molar-refractivity contribution in [2.24, 2.45) is 0 Å². The van der Waals surface area contributed by atoms with Gasteiger partial charge in [0.15, 0.2) is 11.5 Å². The van der Waals surface area contributed by atoms with Crippen molar-refractivity contribution in [1.82, 2.24) is 14.7 Å². The maximum absolute atomic E-state index is 13.1. The van der Waals surface area contributed by atoms with Crippen LogP contribution < -0.4 is 14.8 Å².